The second-order valence-corrected chi connectivity index (χ2v) is 4.24. The minimum atomic E-state index is -5.39. The van der Waals surface area contributed by atoms with Crippen molar-refractivity contribution in [3.8, 4) is 0 Å². The second kappa shape index (κ2) is 4.97. The van der Waals surface area contributed by atoms with Gasteiger partial charge in [-0.25, -0.2) is 0 Å². The summed E-state index contributed by atoms with van der Waals surface area (Å²) in [6.45, 7) is 0. The van der Waals surface area contributed by atoms with E-state index in [1.807, 2.05) is 0 Å². The molecule has 0 aliphatic heterocycles. The molecule has 0 aliphatic rings. The molecule has 0 fully saturated rings. The average Bonchev–Trinajstić information content (AvgIpc) is 2.76. The van der Waals surface area contributed by atoms with Crippen molar-refractivity contribution in [2.24, 2.45) is 0 Å². The number of aromatic nitrogens is 1. The van der Waals surface area contributed by atoms with E-state index in [2.05, 4.69) is 4.98 Å². The van der Waals surface area contributed by atoms with E-state index in [-0.39, 0.29) is 5.39 Å². The first-order valence-electron chi connectivity index (χ1n) is 5.61. The fourth-order valence-electron chi connectivity index (χ4n) is 1.88. The van der Waals surface area contributed by atoms with Gasteiger partial charge < -0.3 is 10.3 Å². The summed E-state index contributed by atoms with van der Waals surface area (Å²) in [5.41, 5.74) is -0.154. The predicted molar refractivity (Wildman–Crippen MR) is 61.3 cm³/mol. The molecular weight excluding hydrogens is 302 g/mol. The van der Waals surface area contributed by atoms with Gasteiger partial charge in [0.05, 0.1) is 0 Å². The van der Waals surface area contributed by atoms with Crippen LogP contribution in [-0.2, 0) is 4.79 Å². The number of hydrogen-bond acceptors (Lipinski definition) is 1. The Morgan fingerprint density at radius 1 is 1.10 bits per heavy atom. The monoisotopic (exact) mass is 310 g/mol. The molecule has 0 radical (unpaired) electrons. The summed E-state index contributed by atoms with van der Waals surface area (Å²) < 4.78 is 75.4. The third-order valence-electron chi connectivity index (χ3n) is 2.79. The van der Waals surface area contributed by atoms with Gasteiger partial charge in [0.15, 0.2) is 6.04 Å². The average molecular weight is 310 g/mol. The number of hydrogen-bond donors (Lipinski definition) is 2. The van der Waals surface area contributed by atoms with Gasteiger partial charge in [0.1, 0.15) is 0 Å². The van der Waals surface area contributed by atoms with Crippen LogP contribution in [0, 0.1) is 0 Å². The quantitative estimate of drug-likeness (QED) is 0.820. The molecule has 1 atom stereocenters. The standard InChI is InChI=1S/C12H8F6N2O/c13-11(14,15)9(20-10(21)12(16,17)18)7-5-19-8-4-2-1-3-6(7)8/h1-5,9,19H,(H,20,21)/t9-/m0/s1. The van der Waals surface area contributed by atoms with E-state index in [9.17, 15) is 31.1 Å². The second-order valence-electron chi connectivity index (χ2n) is 4.24. The molecule has 21 heavy (non-hydrogen) atoms. The van der Waals surface area contributed by atoms with Crippen molar-refractivity contribution in [1.29, 1.82) is 0 Å². The summed E-state index contributed by atoms with van der Waals surface area (Å²) in [4.78, 5) is 13.3. The number of benzene rings is 1. The number of carbonyl (C=O) groups is 1. The molecule has 1 heterocycles. The highest BCUT2D eigenvalue weighted by molar-refractivity contribution is 5.86. The number of rotatable bonds is 2. The van der Waals surface area contributed by atoms with Crippen molar-refractivity contribution in [3.63, 3.8) is 0 Å². The number of carbonyl (C=O) groups excluding carboxylic acids is 1. The highest BCUT2D eigenvalue weighted by Crippen LogP contribution is 2.37. The van der Waals surface area contributed by atoms with Crippen LogP contribution >= 0.6 is 0 Å². The largest absolute Gasteiger partial charge is 0.471 e. The molecule has 3 nitrogen and oxygen atoms in total. The van der Waals surface area contributed by atoms with Gasteiger partial charge in [-0.05, 0) is 6.07 Å². The molecule has 0 aliphatic carbocycles. The van der Waals surface area contributed by atoms with Crippen molar-refractivity contribution in [1.82, 2.24) is 10.3 Å². The van der Waals surface area contributed by atoms with Crippen molar-refractivity contribution >= 4 is 16.8 Å². The number of halogens is 6. The lowest BCUT2D eigenvalue weighted by atomic mass is 10.1. The first-order chi connectivity index (χ1) is 9.60. The van der Waals surface area contributed by atoms with E-state index in [0.29, 0.717) is 5.52 Å². The summed E-state index contributed by atoms with van der Waals surface area (Å²) in [5, 5.41) is 1.07. The topological polar surface area (TPSA) is 44.9 Å². The summed E-state index contributed by atoms with van der Waals surface area (Å²) in [7, 11) is 0. The Balaban J connectivity index is 2.44. The minimum Gasteiger partial charge on any atom is -0.361 e. The minimum absolute atomic E-state index is 0.0855. The lowest BCUT2D eigenvalue weighted by Crippen LogP contribution is -2.44. The maximum Gasteiger partial charge on any atom is 0.471 e. The first kappa shape index (κ1) is 15.2. The van der Waals surface area contributed by atoms with Crippen LogP contribution in [0.3, 0.4) is 0 Å². The zero-order valence-corrected chi connectivity index (χ0v) is 10.1. The zero-order chi connectivity index (χ0) is 15.8. The molecule has 2 rings (SSSR count). The number of H-pyrrole nitrogens is 1. The van der Waals surface area contributed by atoms with Gasteiger partial charge in [-0.1, -0.05) is 18.2 Å². The van der Waals surface area contributed by atoms with E-state index in [1.165, 1.54) is 18.2 Å². The Morgan fingerprint density at radius 2 is 1.71 bits per heavy atom. The van der Waals surface area contributed by atoms with Crippen LogP contribution in [0.25, 0.3) is 10.9 Å². The molecule has 2 aromatic rings. The van der Waals surface area contributed by atoms with Crippen LogP contribution in [-0.4, -0.2) is 23.2 Å². The Kier molecular flexibility index (Phi) is 3.60. The SMILES string of the molecule is O=C(N[C@@H](c1c[nH]c2ccccc12)C(F)(F)F)C(F)(F)F. The summed E-state index contributed by atoms with van der Waals surface area (Å²) in [6, 6.07) is 3.04. The molecule has 1 aromatic heterocycles. The van der Waals surface area contributed by atoms with Crippen LogP contribution in [0.1, 0.15) is 11.6 Å². The van der Waals surface area contributed by atoms with Gasteiger partial charge in [0.2, 0.25) is 0 Å². The van der Waals surface area contributed by atoms with Gasteiger partial charge in [-0.3, -0.25) is 4.79 Å². The molecule has 1 amide bonds. The fraction of sp³-hybridized carbons (Fsp3) is 0.250. The Morgan fingerprint density at radius 3 is 2.29 bits per heavy atom. The van der Waals surface area contributed by atoms with Crippen molar-refractivity contribution < 1.29 is 31.1 Å². The van der Waals surface area contributed by atoms with Gasteiger partial charge in [-0.2, -0.15) is 26.3 Å². The lowest BCUT2D eigenvalue weighted by molar-refractivity contribution is -0.188. The zero-order valence-electron chi connectivity index (χ0n) is 10.1. The van der Waals surface area contributed by atoms with E-state index >= 15 is 0 Å². The molecular formula is C12H8F6N2O. The van der Waals surface area contributed by atoms with Crippen LogP contribution in [0.15, 0.2) is 30.5 Å². The van der Waals surface area contributed by atoms with Gasteiger partial charge >= 0.3 is 18.3 Å². The highest BCUT2D eigenvalue weighted by atomic mass is 19.4. The van der Waals surface area contributed by atoms with Crippen LogP contribution < -0.4 is 5.32 Å². The molecule has 1 aromatic carbocycles. The first-order valence-corrected chi connectivity index (χ1v) is 5.61. The van der Waals surface area contributed by atoms with Crippen LogP contribution in [0.2, 0.25) is 0 Å². The molecule has 0 bridgehead atoms. The van der Waals surface area contributed by atoms with E-state index in [4.69, 9.17) is 0 Å². The maximum atomic E-state index is 13.0. The summed E-state index contributed by atoms with van der Waals surface area (Å²) >= 11 is 0. The fourth-order valence-corrected chi connectivity index (χ4v) is 1.88. The van der Waals surface area contributed by atoms with Crippen molar-refractivity contribution in [3.05, 3.63) is 36.0 Å². The number of fused-ring (bicyclic) bond motifs is 1. The number of aromatic amines is 1. The van der Waals surface area contributed by atoms with Crippen molar-refractivity contribution in [2.75, 3.05) is 0 Å². The Labute approximate surface area is 113 Å². The smallest absolute Gasteiger partial charge is 0.361 e. The Hall–Kier alpha value is -2.19. The van der Waals surface area contributed by atoms with E-state index < -0.39 is 29.9 Å². The predicted octanol–water partition coefficient (Wildman–Crippen LogP) is 3.45. The number of alkyl halides is 6. The third kappa shape index (κ3) is 3.11. The normalized spacial score (nSPS) is 14.2. The highest BCUT2D eigenvalue weighted by Gasteiger charge is 2.48. The van der Waals surface area contributed by atoms with Gasteiger partial charge in [0.25, 0.3) is 0 Å². The van der Waals surface area contributed by atoms with E-state index in [0.717, 1.165) is 11.5 Å². The van der Waals surface area contributed by atoms with Crippen LogP contribution in [0.4, 0.5) is 26.3 Å². The van der Waals surface area contributed by atoms with Gasteiger partial charge in [0, 0.05) is 22.7 Å². The Bertz CT molecular complexity index is 658. The number of amides is 1. The number of para-hydroxylation sites is 1. The molecule has 0 spiro atoms. The maximum absolute atomic E-state index is 13.0. The van der Waals surface area contributed by atoms with E-state index in [1.54, 1.807) is 6.07 Å². The van der Waals surface area contributed by atoms with Crippen LogP contribution in [0.5, 0.6) is 0 Å². The van der Waals surface area contributed by atoms with Gasteiger partial charge in [-0.15, -0.1) is 0 Å². The molecule has 0 saturated heterocycles. The number of nitrogens with one attached hydrogen (secondary N) is 2. The third-order valence-corrected chi connectivity index (χ3v) is 2.79. The molecule has 0 saturated carbocycles. The lowest BCUT2D eigenvalue weighted by Gasteiger charge is -2.22. The molecule has 2 N–H and O–H groups in total. The summed E-state index contributed by atoms with van der Waals surface area (Å²) in [6.07, 6.45) is -9.53. The van der Waals surface area contributed by atoms with Crippen molar-refractivity contribution in [2.45, 2.75) is 18.4 Å². The molecule has 114 valence electrons. The molecule has 0 unspecified atom stereocenters. The molecule has 9 heteroatoms. The summed E-state index contributed by atoms with van der Waals surface area (Å²) in [5.74, 6) is -2.64.